The van der Waals surface area contributed by atoms with E-state index < -0.39 is 5.97 Å². The van der Waals surface area contributed by atoms with Crippen LogP contribution in [0.4, 0.5) is 0 Å². The van der Waals surface area contributed by atoms with Gasteiger partial charge in [-0.1, -0.05) is 0 Å². The van der Waals surface area contributed by atoms with Gasteiger partial charge in [-0.2, -0.15) is 0 Å². The van der Waals surface area contributed by atoms with Gasteiger partial charge in [-0.3, -0.25) is 14.5 Å². The second-order valence-corrected chi connectivity index (χ2v) is 6.00. The average Bonchev–Trinajstić information content (AvgIpc) is 2.87. The van der Waals surface area contributed by atoms with Gasteiger partial charge in [0.2, 0.25) is 5.91 Å². The first kappa shape index (κ1) is 14.3. The average molecular weight is 268 g/mol. The maximum atomic E-state index is 12.4. The molecular weight excluding hydrogens is 244 g/mol. The summed E-state index contributed by atoms with van der Waals surface area (Å²) in [5.74, 6) is -0.954. The molecule has 1 saturated heterocycles. The molecule has 0 unspecified atom stereocenters. The highest BCUT2D eigenvalue weighted by atomic mass is 16.4. The van der Waals surface area contributed by atoms with Crippen molar-refractivity contribution in [2.75, 3.05) is 26.2 Å². The monoisotopic (exact) mass is 268 g/mol. The third-order valence-electron chi connectivity index (χ3n) is 4.49. The van der Waals surface area contributed by atoms with Crippen molar-refractivity contribution in [1.29, 1.82) is 0 Å². The zero-order valence-electron chi connectivity index (χ0n) is 11.8. The normalized spacial score (nSPS) is 28.9. The minimum absolute atomic E-state index is 0.0632. The van der Waals surface area contributed by atoms with Crippen LogP contribution in [0.15, 0.2) is 0 Å². The van der Waals surface area contributed by atoms with Gasteiger partial charge in [0.15, 0.2) is 0 Å². The van der Waals surface area contributed by atoms with Gasteiger partial charge in [0, 0.05) is 38.1 Å². The molecule has 2 fully saturated rings. The van der Waals surface area contributed by atoms with Crippen molar-refractivity contribution in [3.05, 3.63) is 0 Å². The van der Waals surface area contributed by atoms with Crippen LogP contribution in [0.1, 0.15) is 33.1 Å². The van der Waals surface area contributed by atoms with Crippen LogP contribution in [-0.2, 0) is 9.59 Å². The van der Waals surface area contributed by atoms with E-state index in [-0.39, 0.29) is 17.7 Å². The van der Waals surface area contributed by atoms with E-state index in [1.807, 2.05) is 4.90 Å². The summed E-state index contributed by atoms with van der Waals surface area (Å²) in [6, 6.07) is 0.528. The van der Waals surface area contributed by atoms with Gasteiger partial charge in [-0.25, -0.2) is 0 Å². The third kappa shape index (κ3) is 3.26. The van der Waals surface area contributed by atoms with Crippen molar-refractivity contribution in [2.24, 2.45) is 11.8 Å². The number of aliphatic carboxylic acids is 1. The van der Waals surface area contributed by atoms with Crippen LogP contribution in [0.3, 0.4) is 0 Å². The van der Waals surface area contributed by atoms with E-state index in [9.17, 15) is 9.59 Å². The number of carboxylic acids is 1. The topological polar surface area (TPSA) is 60.9 Å². The molecule has 0 aromatic rings. The van der Waals surface area contributed by atoms with Gasteiger partial charge in [0.25, 0.3) is 0 Å². The lowest BCUT2D eigenvalue weighted by Gasteiger charge is -2.37. The molecule has 0 aromatic heterocycles. The zero-order valence-corrected chi connectivity index (χ0v) is 11.8. The molecule has 0 spiro atoms. The van der Waals surface area contributed by atoms with Gasteiger partial charge in [-0.05, 0) is 33.1 Å². The molecule has 108 valence electrons. The molecule has 0 aromatic carbocycles. The van der Waals surface area contributed by atoms with Crippen molar-refractivity contribution in [3.8, 4) is 0 Å². The summed E-state index contributed by atoms with van der Waals surface area (Å²) in [5.41, 5.74) is 0. The van der Waals surface area contributed by atoms with Crippen LogP contribution >= 0.6 is 0 Å². The quantitative estimate of drug-likeness (QED) is 0.831. The molecule has 0 bridgehead atoms. The minimum Gasteiger partial charge on any atom is -0.481 e. The minimum atomic E-state index is -0.750. The van der Waals surface area contributed by atoms with Crippen LogP contribution in [0.2, 0.25) is 0 Å². The van der Waals surface area contributed by atoms with E-state index in [0.29, 0.717) is 18.9 Å². The highest BCUT2D eigenvalue weighted by Gasteiger charge is 2.36. The fourth-order valence-corrected chi connectivity index (χ4v) is 3.15. The first-order chi connectivity index (χ1) is 8.99. The zero-order chi connectivity index (χ0) is 14.0. The van der Waals surface area contributed by atoms with Crippen LogP contribution in [0.25, 0.3) is 0 Å². The van der Waals surface area contributed by atoms with Gasteiger partial charge in [-0.15, -0.1) is 0 Å². The first-order valence-electron chi connectivity index (χ1n) is 7.24. The first-order valence-corrected chi connectivity index (χ1v) is 7.24. The van der Waals surface area contributed by atoms with E-state index in [2.05, 4.69) is 18.7 Å². The molecule has 1 heterocycles. The van der Waals surface area contributed by atoms with Crippen LogP contribution in [0, 0.1) is 11.8 Å². The Bertz CT molecular complexity index is 349. The van der Waals surface area contributed by atoms with Crippen LogP contribution in [-0.4, -0.2) is 59.0 Å². The maximum absolute atomic E-state index is 12.4. The molecule has 5 nitrogen and oxygen atoms in total. The van der Waals surface area contributed by atoms with Gasteiger partial charge >= 0.3 is 5.97 Å². The van der Waals surface area contributed by atoms with Gasteiger partial charge in [0.05, 0.1) is 5.92 Å². The Labute approximate surface area is 114 Å². The lowest BCUT2D eigenvalue weighted by atomic mass is 10.0. The SMILES string of the molecule is CC(C)N1CCN(C(=O)[C@@H]2CC[C@H](C(=O)O)C2)CC1. The standard InChI is InChI=1S/C14H24N2O3/c1-10(2)15-5-7-16(8-6-15)13(17)11-3-4-12(9-11)14(18)19/h10-12H,3-9H2,1-2H3,(H,18,19)/t11-,12+/m1/s1. The van der Waals surface area contributed by atoms with E-state index in [4.69, 9.17) is 5.11 Å². The largest absolute Gasteiger partial charge is 0.481 e. The van der Waals surface area contributed by atoms with Crippen molar-refractivity contribution in [2.45, 2.75) is 39.2 Å². The predicted molar refractivity (Wildman–Crippen MR) is 71.8 cm³/mol. The summed E-state index contributed by atoms with van der Waals surface area (Å²) >= 11 is 0. The molecule has 1 saturated carbocycles. The fraction of sp³-hybridized carbons (Fsp3) is 0.857. The van der Waals surface area contributed by atoms with Gasteiger partial charge < -0.3 is 10.0 Å². The molecule has 19 heavy (non-hydrogen) atoms. The van der Waals surface area contributed by atoms with E-state index in [1.54, 1.807) is 0 Å². The predicted octanol–water partition coefficient (Wildman–Crippen LogP) is 1.04. The fourth-order valence-electron chi connectivity index (χ4n) is 3.15. The summed E-state index contributed by atoms with van der Waals surface area (Å²) in [6.07, 6.45) is 1.91. The smallest absolute Gasteiger partial charge is 0.306 e. The lowest BCUT2D eigenvalue weighted by molar-refractivity contribution is -0.142. The number of hydrogen-bond acceptors (Lipinski definition) is 3. The highest BCUT2D eigenvalue weighted by molar-refractivity contribution is 5.81. The number of hydrogen-bond donors (Lipinski definition) is 1. The lowest BCUT2D eigenvalue weighted by Crippen LogP contribution is -2.51. The number of carbonyl (C=O) groups excluding carboxylic acids is 1. The molecule has 2 rings (SSSR count). The molecule has 1 amide bonds. The Morgan fingerprint density at radius 1 is 1.05 bits per heavy atom. The maximum Gasteiger partial charge on any atom is 0.306 e. The second-order valence-electron chi connectivity index (χ2n) is 6.00. The Morgan fingerprint density at radius 3 is 2.11 bits per heavy atom. The summed E-state index contributed by atoms with van der Waals surface area (Å²) in [6.45, 7) is 7.77. The summed E-state index contributed by atoms with van der Waals surface area (Å²) in [7, 11) is 0. The number of carboxylic acid groups (broad SMARTS) is 1. The number of rotatable bonds is 3. The summed E-state index contributed by atoms with van der Waals surface area (Å²) in [4.78, 5) is 27.6. The molecule has 5 heteroatoms. The van der Waals surface area contributed by atoms with E-state index in [0.717, 1.165) is 32.6 Å². The van der Waals surface area contributed by atoms with Gasteiger partial charge in [0.1, 0.15) is 0 Å². The second kappa shape index (κ2) is 5.90. The number of piperazine rings is 1. The molecule has 2 atom stereocenters. The molecular formula is C14H24N2O3. The summed E-state index contributed by atoms with van der Waals surface area (Å²) in [5, 5.41) is 8.99. The van der Waals surface area contributed by atoms with Crippen molar-refractivity contribution in [3.63, 3.8) is 0 Å². The van der Waals surface area contributed by atoms with Crippen molar-refractivity contribution >= 4 is 11.9 Å². The van der Waals surface area contributed by atoms with Crippen LogP contribution < -0.4 is 0 Å². The van der Waals surface area contributed by atoms with Crippen LogP contribution in [0.5, 0.6) is 0 Å². The Balaban J connectivity index is 1.83. The Kier molecular flexibility index (Phi) is 4.45. The molecule has 1 aliphatic carbocycles. The molecule has 2 aliphatic rings. The third-order valence-corrected chi connectivity index (χ3v) is 4.49. The van der Waals surface area contributed by atoms with E-state index in [1.165, 1.54) is 0 Å². The Hall–Kier alpha value is -1.10. The van der Waals surface area contributed by atoms with Crippen molar-refractivity contribution in [1.82, 2.24) is 9.80 Å². The Morgan fingerprint density at radius 2 is 1.63 bits per heavy atom. The highest BCUT2D eigenvalue weighted by Crippen LogP contribution is 2.32. The number of nitrogens with zero attached hydrogens (tertiary/aromatic N) is 2. The molecule has 0 radical (unpaired) electrons. The molecule has 1 N–H and O–H groups in total. The summed E-state index contributed by atoms with van der Waals surface area (Å²) < 4.78 is 0. The van der Waals surface area contributed by atoms with Crippen molar-refractivity contribution < 1.29 is 14.7 Å². The number of amides is 1. The van der Waals surface area contributed by atoms with E-state index >= 15 is 0 Å². The number of carbonyl (C=O) groups is 2. The molecule has 1 aliphatic heterocycles.